The van der Waals surface area contributed by atoms with Crippen LogP contribution in [0.5, 0.6) is 5.75 Å². The van der Waals surface area contributed by atoms with Crippen molar-refractivity contribution in [2.45, 2.75) is 82.1 Å². The molecule has 28 heavy (non-hydrogen) atoms. The predicted octanol–water partition coefficient (Wildman–Crippen LogP) is 3.63. The van der Waals surface area contributed by atoms with E-state index in [0.29, 0.717) is 31.2 Å². The molecule has 1 saturated carbocycles. The SMILES string of the molecule is CC(=O)OC(CCCOC1CCCCO1)c1cccc2c1OC1C[C@H]3O[C@H]3C21. The van der Waals surface area contributed by atoms with Crippen molar-refractivity contribution in [2.24, 2.45) is 0 Å². The zero-order chi connectivity index (χ0) is 19.1. The first-order valence-corrected chi connectivity index (χ1v) is 10.6. The van der Waals surface area contributed by atoms with Crippen LogP contribution in [0.25, 0.3) is 0 Å². The van der Waals surface area contributed by atoms with Gasteiger partial charge in [-0.05, 0) is 32.1 Å². The molecule has 6 atom stereocenters. The smallest absolute Gasteiger partial charge is 0.303 e. The maximum Gasteiger partial charge on any atom is 0.303 e. The average molecular weight is 388 g/mol. The Hall–Kier alpha value is -1.63. The molecule has 0 bridgehead atoms. The number of carbonyl (C=O) groups excluding carboxylic acids is 1. The maximum absolute atomic E-state index is 11.7. The molecule has 0 spiro atoms. The Labute approximate surface area is 165 Å². The van der Waals surface area contributed by atoms with Crippen molar-refractivity contribution >= 4 is 5.97 Å². The topological polar surface area (TPSA) is 66.5 Å². The van der Waals surface area contributed by atoms with Crippen LogP contribution in [0.3, 0.4) is 0 Å². The minimum absolute atomic E-state index is 0.0870. The van der Waals surface area contributed by atoms with Gasteiger partial charge in [0.15, 0.2) is 6.29 Å². The highest BCUT2D eigenvalue weighted by molar-refractivity contribution is 5.66. The highest BCUT2D eigenvalue weighted by atomic mass is 16.7. The number of ether oxygens (including phenoxy) is 5. The van der Waals surface area contributed by atoms with Crippen LogP contribution in [0.1, 0.15) is 68.6 Å². The highest BCUT2D eigenvalue weighted by Crippen LogP contribution is 2.57. The molecule has 0 aromatic heterocycles. The minimum atomic E-state index is -0.321. The Morgan fingerprint density at radius 1 is 1.29 bits per heavy atom. The first-order valence-electron chi connectivity index (χ1n) is 10.6. The van der Waals surface area contributed by atoms with Crippen LogP contribution >= 0.6 is 0 Å². The third-order valence-electron chi connectivity index (χ3n) is 6.25. The van der Waals surface area contributed by atoms with Crippen molar-refractivity contribution in [3.8, 4) is 5.75 Å². The van der Waals surface area contributed by atoms with E-state index in [1.165, 1.54) is 12.5 Å². The predicted molar refractivity (Wildman–Crippen MR) is 100 cm³/mol. The van der Waals surface area contributed by atoms with Crippen molar-refractivity contribution in [3.63, 3.8) is 0 Å². The number of benzene rings is 1. The number of esters is 1. The van der Waals surface area contributed by atoms with Crippen LogP contribution in [0.2, 0.25) is 0 Å². The highest BCUT2D eigenvalue weighted by Gasteiger charge is 2.60. The molecule has 152 valence electrons. The molecule has 6 nitrogen and oxygen atoms in total. The van der Waals surface area contributed by atoms with Crippen LogP contribution < -0.4 is 4.74 Å². The van der Waals surface area contributed by atoms with E-state index in [1.807, 2.05) is 12.1 Å². The lowest BCUT2D eigenvalue weighted by Crippen LogP contribution is -2.23. The fraction of sp³-hybridized carbons (Fsp3) is 0.682. The van der Waals surface area contributed by atoms with Crippen LogP contribution in [0.4, 0.5) is 0 Å². The van der Waals surface area contributed by atoms with E-state index in [9.17, 15) is 4.79 Å². The molecule has 6 heteroatoms. The zero-order valence-electron chi connectivity index (χ0n) is 16.3. The summed E-state index contributed by atoms with van der Waals surface area (Å²) >= 11 is 0. The molecule has 0 N–H and O–H groups in total. The fourth-order valence-electron chi connectivity index (χ4n) is 4.93. The number of hydrogen-bond acceptors (Lipinski definition) is 6. The summed E-state index contributed by atoms with van der Waals surface area (Å²) in [5, 5.41) is 0. The van der Waals surface area contributed by atoms with Gasteiger partial charge in [-0.15, -0.1) is 0 Å². The lowest BCUT2D eigenvalue weighted by Gasteiger charge is -2.24. The van der Waals surface area contributed by atoms with Gasteiger partial charge in [0.25, 0.3) is 0 Å². The Bertz CT molecular complexity index is 728. The van der Waals surface area contributed by atoms with Gasteiger partial charge < -0.3 is 23.7 Å². The molecular weight excluding hydrogens is 360 g/mol. The van der Waals surface area contributed by atoms with E-state index < -0.39 is 0 Å². The molecule has 0 amide bonds. The van der Waals surface area contributed by atoms with E-state index in [4.69, 9.17) is 23.7 Å². The summed E-state index contributed by atoms with van der Waals surface area (Å²) in [4.78, 5) is 11.7. The molecule has 0 radical (unpaired) electrons. The molecule has 1 aromatic rings. The van der Waals surface area contributed by atoms with Gasteiger partial charge in [0.1, 0.15) is 18.0 Å². The second-order valence-corrected chi connectivity index (χ2v) is 8.23. The van der Waals surface area contributed by atoms with E-state index >= 15 is 0 Å². The second kappa shape index (κ2) is 7.65. The molecule has 3 heterocycles. The molecule has 2 saturated heterocycles. The third-order valence-corrected chi connectivity index (χ3v) is 6.25. The number of epoxide rings is 1. The van der Waals surface area contributed by atoms with Gasteiger partial charge in [-0.25, -0.2) is 0 Å². The van der Waals surface area contributed by atoms with E-state index in [1.54, 1.807) is 0 Å². The molecular formula is C22H28O6. The summed E-state index contributed by atoms with van der Waals surface area (Å²) in [7, 11) is 0. The number of carbonyl (C=O) groups is 1. The van der Waals surface area contributed by atoms with Gasteiger partial charge in [-0.2, -0.15) is 0 Å². The standard InChI is InChI=1S/C22H28O6/c1-13(23)26-16(8-5-11-25-19-9-2-3-10-24-19)14-6-4-7-15-20-17(27-21(14)15)12-18-22(20)28-18/h4,6-7,16-20,22H,2-3,5,8-12H2,1H3/t16?,17?,18-,19?,20?,22-/m1/s1. The molecule has 4 unspecified atom stereocenters. The fourth-order valence-corrected chi connectivity index (χ4v) is 4.93. The van der Waals surface area contributed by atoms with Crippen molar-refractivity contribution in [2.75, 3.05) is 13.2 Å². The summed E-state index contributed by atoms with van der Waals surface area (Å²) in [5.41, 5.74) is 2.17. The largest absolute Gasteiger partial charge is 0.489 e. The number of fused-ring (bicyclic) bond motifs is 5. The third kappa shape index (κ3) is 3.53. The number of hydrogen-bond donors (Lipinski definition) is 0. The lowest BCUT2D eigenvalue weighted by molar-refractivity contribution is -0.164. The minimum Gasteiger partial charge on any atom is -0.489 e. The van der Waals surface area contributed by atoms with Gasteiger partial charge in [-0.3, -0.25) is 4.79 Å². The summed E-state index contributed by atoms with van der Waals surface area (Å²) < 4.78 is 29.2. The molecule has 3 fully saturated rings. The maximum atomic E-state index is 11.7. The van der Waals surface area contributed by atoms with Crippen LogP contribution in [-0.2, 0) is 23.7 Å². The second-order valence-electron chi connectivity index (χ2n) is 8.23. The number of para-hydroxylation sites is 1. The van der Waals surface area contributed by atoms with Crippen molar-refractivity contribution in [3.05, 3.63) is 29.3 Å². The Morgan fingerprint density at radius 3 is 3.04 bits per heavy atom. The van der Waals surface area contributed by atoms with Crippen molar-refractivity contribution < 1.29 is 28.5 Å². The summed E-state index contributed by atoms with van der Waals surface area (Å²) in [5.74, 6) is 0.946. The Balaban J connectivity index is 1.26. The van der Waals surface area contributed by atoms with E-state index in [-0.39, 0.29) is 24.5 Å². The lowest BCUT2D eigenvalue weighted by atomic mass is 9.93. The number of rotatable bonds is 7. The molecule has 4 aliphatic rings. The molecule has 5 rings (SSSR count). The van der Waals surface area contributed by atoms with Crippen molar-refractivity contribution in [1.82, 2.24) is 0 Å². The van der Waals surface area contributed by atoms with Crippen LogP contribution in [0.15, 0.2) is 18.2 Å². The van der Waals surface area contributed by atoms with Gasteiger partial charge in [-0.1, -0.05) is 18.2 Å². The van der Waals surface area contributed by atoms with Crippen molar-refractivity contribution in [1.29, 1.82) is 0 Å². The monoisotopic (exact) mass is 388 g/mol. The average Bonchev–Trinajstić information content (AvgIpc) is 3.20. The quantitative estimate of drug-likeness (QED) is 0.404. The normalized spacial score (nSPS) is 33.4. The Morgan fingerprint density at radius 2 is 2.21 bits per heavy atom. The van der Waals surface area contributed by atoms with Gasteiger partial charge in [0.05, 0.1) is 18.1 Å². The molecule has 1 aliphatic carbocycles. The molecule has 1 aromatic carbocycles. The van der Waals surface area contributed by atoms with E-state index in [2.05, 4.69) is 6.07 Å². The summed E-state index contributed by atoms with van der Waals surface area (Å²) in [6.07, 6.45) is 6.14. The van der Waals surface area contributed by atoms with Crippen LogP contribution in [-0.4, -0.2) is 43.8 Å². The van der Waals surface area contributed by atoms with E-state index in [0.717, 1.165) is 50.0 Å². The first kappa shape index (κ1) is 18.4. The van der Waals surface area contributed by atoms with Gasteiger partial charge in [0.2, 0.25) is 0 Å². The Kier molecular flexibility index (Phi) is 5.03. The van der Waals surface area contributed by atoms with Gasteiger partial charge >= 0.3 is 5.97 Å². The first-order chi connectivity index (χ1) is 13.7. The summed E-state index contributed by atoms with van der Waals surface area (Å²) in [6.45, 7) is 2.84. The van der Waals surface area contributed by atoms with Crippen LogP contribution in [0, 0.1) is 0 Å². The zero-order valence-corrected chi connectivity index (χ0v) is 16.3. The van der Waals surface area contributed by atoms with Gasteiger partial charge in [0, 0.05) is 37.7 Å². The molecule has 3 aliphatic heterocycles. The summed E-state index contributed by atoms with van der Waals surface area (Å²) in [6, 6.07) is 6.18.